The summed E-state index contributed by atoms with van der Waals surface area (Å²) in [6.07, 6.45) is -3.95. The quantitative estimate of drug-likeness (QED) is 0.146. The lowest BCUT2D eigenvalue weighted by molar-refractivity contribution is -0.150. The molecule has 2 aromatic carbocycles. The van der Waals surface area contributed by atoms with Gasteiger partial charge in [0.05, 0.1) is 22.2 Å². The van der Waals surface area contributed by atoms with Gasteiger partial charge >= 0.3 is 31.0 Å². The van der Waals surface area contributed by atoms with E-state index in [1.54, 1.807) is 38.4 Å². The maximum absolute atomic E-state index is 12.7. The van der Waals surface area contributed by atoms with Crippen molar-refractivity contribution >= 4 is 50.7 Å². The van der Waals surface area contributed by atoms with E-state index in [1.165, 1.54) is 33.7 Å². The number of hydrogen-bond acceptors (Lipinski definition) is 10. The van der Waals surface area contributed by atoms with E-state index in [0.717, 1.165) is 23.4 Å². The number of fused-ring (bicyclic) bond motifs is 2. The van der Waals surface area contributed by atoms with Gasteiger partial charge in [0.1, 0.15) is 12.1 Å². The van der Waals surface area contributed by atoms with E-state index in [-0.39, 0.29) is 28.1 Å². The van der Waals surface area contributed by atoms with Crippen LogP contribution in [0.4, 0.5) is 26.3 Å². The fourth-order valence-corrected chi connectivity index (χ4v) is 5.72. The molecule has 0 saturated carbocycles. The zero-order valence-corrected chi connectivity index (χ0v) is 32.3. The van der Waals surface area contributed by atoms with Gasteiger partial charge in [-0.1, -0.05) is 12.1 Å². The summed E-state index contributed by atoms with van der Waals surface area (Å²) in [6, 6.07) is 8.96. The van der Waals surface area contributed by atoms with Crippen LogP contribution in [0.1, 0.15) is 50.9 Å². The Kier molecular flexibility index (Phi) is 11.8. The van der Waals surface area contributed by atoms with Crippen LogP contribution in [0, 0.1) is 0 Å². The molecule has 56 heavy (non-hydrogen) atoms. The summed E-state index contributed by atoms with van der Waals surface area (Å²) < 4.78 is 99.9. The number of hydrogen-bond donors (Lipinski definition) is 2. The highest BCUT2D eigenvalue weighted by molar-refractivity contribution is 9.10. The Bertz CT molecular complexity index is 2460. The minimum Gasteiger partial charge on any atom is -0.408 e. The maximum atomic E-state index is 12.7. The highest BCUT2D eigenvalue weighted by Crippen LogP contribution is 2.37. The number of benzene rings is 2. The molecule has 1 aliphatic heterocycles. The van der Waals surface area contributed by atoms with Crippen LogP contribution in [0.2, 0.25) is 0 Å². The highest BCUT2D eigenvalue weighted by Gasteiger charge is 2.51. The first-order valence-corrected chi connectivity index (χ1v) is 17.4. The first-order chi connectivity index (χ1) is 25.9. The van der Waals surface area contributed by atoms with E-state index in [4.69, 9.17) is 29.6 Å². The molecule has 298 valence electrons. The monoisotopic (exact) mass is 852 g/mol. The van der Waals surface area contributed by atoms with Crippen molar-refractivity contribution in [2.75, 3.05) is 0 Å². The SMILES string of the molecule is Cn1c(=O)oc2ccc(-c3cncc(C(N)C(F)(F)F)c3)cc21.Cn1c(=O)oc2ccc(B3OC(C)(C)C(C)(C)O3)cc21.NC(c1cncc(Br)c1)C(F)(F)F. The van der Waals surface area contributed by atoms with Gasteiger partial charge in [-0.3, -0.25) is 19.1 Å². The van der Waals surface area contributed by atoms with Gasteiger partial charge in [-0.2, -0.15) is 26.3 Å². The van der Waals surface area contributed by atoms with Gasteiger partial charge in [-0.05, 0) is 102 Å². The molecule has 4 aromatic heterocycles. The summed E-state index contributed by atoms with van der Waals surface area (Å²) in [4.78, 5) is 30.4. The first kappa shape index (κ1) is 42.4. The summed E-state index contributed by atoms with van der Waals surface area (Å²) in [5.74, 6) is -0.880. The van der Waals surface area contributed by atoms with Crippen LogP contribution in [-0.4, -0.2) is 49.8 Å². The summed E-state index contributed by atoms with van der Waals surface area (Å²) in [5.41, 5.74) is 13.4. The molecule has 12 nitrogen and oxygen atoms in total. The smallest absolute Gasteiger partial charge is 0.408 e. The van der Waals surface area contributed by atoms with Crippen molar-refractivity contribution in [2.45, 2.75) is 63.3 Å². The third-order valence-corrected chi connectivity index (χ3v) is 9.81. The van der Waals surface area contributed by atoms with Crippen LogP contribution < -0.4 is 28.4 Å². The third kappa shape index (κ3) is 9.10. The predicted octanol–water partition coefficient (Wildman–Crippen LogP) is 6.59. The van der Waals surface area contributed by atoms with Crippen molar-refractivity contribution < 1.29 is 44.5 Å². The minimum atomic E-state index is -4.54. The molecule has 0 radical (unpaired) electrons. The van der Waals surface area contributed by atoms with Crippen molar-refractivity contribution in [3.63, 3.8) is 0 Å². The molecule has 7 rings (SSSR count). The van der Waals surface area contributed by atoms with Crippen molar-refractivity contribution in [2.24, 2.45) is 25.6 Å². The molecular weight excluding hydrogens is 817 g/mol. The summed E-state index contributed by atoms with van der Waals surface area (Å²) in [5, 5.41) is 0. The van der Waals surface area contributed by atoms with E-state index in [2.05, 4.69) is 25.9 Å². The number of oxazole rings is 2. The second kappa shape index (κ2) is 15.6. The first-order valence-electron chi connectivity index (χ1n) is 16.6. The van der Waals surface area contributed by atoms with Gasteiger partial charge < -0.3 is 29.6 Å². The van der Waals surface area contributed by atoms with Gasteiger partial charge in [0, 0.05) is 48.9 Å². The number of aromatic nitrogens is 4. The standard InChI is InChI=1S/C15H12F3N3O2.C14H18BNO4.C7H6BrF3N2/c1-21-11-5-8(2-3-12(11)23-14(21)22)9-4-10(7-20-6-9)13(19)15(16,17)18;1-13(2)14(3,4)20-15(19-13)9-6-7-11-10(8-9)16(5)12(17)18-11;8-5-1-4(2-13-3-5)6(12)7(9,10)11/h2-7,13H,19H2,1H3;6-8H,1-5H3;1-3,6H,12H2. The highest BCUT2D eigenvalue weighted by atomic mass is 79.9. The van der Waals surface area contributed by atoms with Crippen LogP contribution in [0.5, 0.6) is 0 Å². The molecule has 0 spiro atoms. The van der Waals surface area contributed by atoms with E-state index in [1.807, 2.05) is 39.8 Å². The lowest BCUT2D eigenvalue weighted by Gasteiger charge is -2.32. The van der Waals surface area contributed by atoms with Crippen LogP contribution >= 0.6 is 15.9 Å². The summed E-state index contributed by atoms with van der Waals surface area (Å²) >= 11 is 3.01. The minimum absolute atomic E-state index is 0.0538. The van der Waals surface area contributed by atoms with Gasteiger partial charge in [0.2, 0.25) is 0 Å². The zero-order chi connectivity index (χ0) is 41.5. The maximum Gasteiger partial charge on any atom is 0.494 e. The predicted molar refractivity (Wildman–Crippen MR) is 200 cm³/mol. The Morgan fingerprint density at radius 3 is 1.64 bits per heavy atom. The molecule has 5 heterocycles. The number of nitrogens with zero attached hydrogens (tertiary/aromatic N) is 4. The van der Waals surface area contributed by atoms with Gasteiger partial charge in [0.15, 0.2) is 11.2 Å². The average Bonchev–Trinajstić information content (AvgIpc) is 3.66. The van der Waals surface area contributed by atoms with Gasteiger partial charge in [0.25, 0.3) is 0 Å². The normalized spacial score (nSPS) is 16.2. The topological polar surface area (TPSA) is 167 Å². The Morgan fingerprint density at radius 2 is 1.14 bits per heavy atom. The van der Waals surface area contributed by atoms with Crippen molar-refractivity contribution in [1.82, 2.24) is 19.1 Å². The van der Waals surface area contributed by atoms with Crippen molar-refractivity contribution in [3.8, 4) is 11.1 Å². The zero-order valence-electron chi connectivity index (χ0n) is 30.7. The molecule has 0 amide bonds. The third-order valence-electron chi connectivity index (χ3n) is 9.37. The van der Waals surface area contributed by atoms with Gasteiger partial charge in [-0.25, -0.2) is 9.59 Å². The fourth-order valence-electron chi connectivity index (χ4n) is 5.34. The van der Waals surface area contributed by atoms with E-state index in [0.29, 0.717) is 32.3 Å². The van der Waals surface area contributed by atoms with Crippen molar-refractivity contribution in [3.05, 3.63) is 110 Å². The van der Waals surface area contributed by atoms with Crippen LogP contribution in [-0.2, 0) is 23.4 Å². The molecule has 4 N–H and O–H groups in total. The van der Waals surface area contributed by atoms with Crippen LogP contribution in [0.25, 0.3) is 33.3 Å². The average molecular weight is 853 g/mol. The molecule has 2 unspecified atom stereocenters. The molecule has 0 aliphatic carbocycles. The number of aryl methyl sites for hydroxylation is 2. The lowest BCUT2D eigenvalue weighted by Crippen LogP contribution is -2.41. The fraction of sp³-hybridized carbons (Fsp3) is 0.333. The molecular formula is C36H36BBrF6N6O6. The molecule has 2 atom stereocenters. The van der Waals surface area contributed by atoms with E-state index >= 15 is 0 Å². The number of rotatable bonds is 4. The Labute approximate surface area is 323 Å². The van der Waals surface area contributed by atoms with Crippen LogP contribution in [0.3, 0.4) is 0 Å². The molecule has 1 fully saturated rings. The number of halogens is 7. The van der Waals surface area contributed by atoms with Gasteiger partial charge in [-0.15, -0.1) is 0 Å². The molecule has 1 saturated heterocycles. The Morgan fingerprint density at radius 1 is 0.679 bits per heavy atom. The largest absolute Gasteiger partial charge is 0.494 e. The summed E-state index contributed by atoms with van der Waals surface area (Å²) in [7, 11) is 2.79. The second-order valence-corrected chi connectivity index (χ2v) is 14.7. The number of alkyl halides is 6. The van der Waals surface area contributed by atoms with Crippen LogP contribution in [0.15, 0.2) is 96.2 Å². The lowest BCUT2D eigenvalue weighted by atomic mass is 9.79. The van der Waals surface area contributed by atoms with E-state index in [9.17, 15) is 35.9 Å². The molecule has 20 heteroatoms. The summed E-state index contributed by atoms with van der Waals surface area (Å²) in [6.45, 7) is 8.05. The Balaban J connectivity index is 0.000000167. The van der Waals surface area contributed by atoms with Crippen molar-refractivity contribution in [1.29, 1.82) is 0 Å². The Hall–Kier alpha value is -4.76. The molecule has 0 bridgehead atoms. The molecule has 1 aliphatic rings. The number of pyridine rings is 2. The molecule has 6 aromatic rings. The van der Waals surface area contributed by atoms with E-state index < -0.39 is 37.3 Å². The number of nitrogens with two attached hydrogens (primary N) is 2. The second-order valence-electron chi connectivity index (χ2n) is 13.8.